The van der Waals surface area contributed by atoms with Crippen molar-refractivity contribution in [2.45, 2.75) is 26.2 Å². The summed E-state index contributed by atoms with van der Waals surface area (Å²) in [5, 5.41) is 0. The predicted octanol–water partition coefficient (Wildman–Crippen LogP) is 12.7. The number of hydrogen-bond acceptors (Lipinski definition) is 2. The van der Waals surface area contributed by atoms with Crippen LogP contribution in [0.5, 0.6) is 0 Å². The Hall–Kier alpha value is -5.73. The van der Waals surface area contributed by atoms with Crippen molar-refractivity contribution in [1.82, 2.24) is 9.97 Å². The number of nitrogens with zero attached hydrogens (tertiary/aromatic N) is 2. The quantitative estimate of drug-likeness (QED) is 0.161. The third kappa shape index (κ3) is 7.32. The molecule has 0 bridgehead atoms. The molecule has 0 unspecified atom stereocenters. The third-order valence-electron chi connectivity index (χ3n) is 9.92. The van der Waals surface area contributed by atoms with Crippen LogP contribution in [0.1, 0.15) is 30.7 Å². The summed E-state index contributed by atoms with van der Waals surface area (Å²) in [5.41, 5.74) is 17.9. The number of fused-ring (bicyclic) bond motifs is 3. The Morgan fingerprint density at radius 3 is 1.87 bits per heavy atom. The van der Waals surface area contributed by atoms with Crippen LogP contribution in [-0.4, -0.2) is 9.97 Å². The van der Waals surface area contributed by atoms with Crippen molar-refractivity contribution < 1.29 is 20.1 Å². The van der Waals surface area contributed by atoms with Gasteiger partial charge in [0.15, 0.2) is 0 Å². The summed E-state index contributed by atoms with van der Waals surface area (Å²) in [7, 11) is 0. The Morgan fingerprint density at radius 2 is 1.11 bits per heavy atom. The topological polar surface area (TPSA) is 25.8 Å². The van der Waals surface area contributed by atoms with Crippen molar-refractivity contribution in [3.63, 3.8) is 0 Å². The van der Waals surface area contributed by atoms with E-state index in [1.807, 2.05) is 79.9 Å². The van der Waals surface area contributed by atoms with Gasteiger partial charge in [-0.3, -0.25) is 0 Å². The Bertz CT molecular complexity index is 2490. The van der Waals surface area contributed by atoms with Crippen molar-refractivity contribution in [2.75, 3.05) is 0 Å². The van der Waals surface area contributed by atoms with Gasteiger partial charge < -0.3 is 9.97 Å². The van der Waals surface area contributed by atoms with Crippen LogP contribution in [0, 0.1) is 19.1 Å². The van der Waals surface area contributed by atoms with E-state index in [2.05, 4.69) is 139 Å². The zero-order valence-electron chi connectivity index (χ0n) is 30.0. The van der Waals surface area contributed by atoms with Crippen molar-refractivity contribution in [3.8, 4) is 67.0 Å². The minimum Gasteiger partial charge on any atom is -0.305 e. The second kappa shape index (κ2) is 15.5. The summed E-state index contributed by atoms with van der Waals surface area (Å²) in [5.74, 6) is 0. The fraction of sp³-hybridized carbons (Fsp3) is 0.0800. The molecule has 0 N–H and O–H groups in total. The Labute approximate surface area is 326 Å². The molecule has 53 heavy (non-hydrogen) atoms. The largest absolute Gasteiger partial charge is 0.305 e. The van der Waals surface area contributed by atoms with Crippen LogP contribution in [0.15, 0.2) is 176 Å². The predicted molar refractivity (Wildman–Crippen MR) is 216 cm³/mol. The molecule has 0 spiro atoms. The van der Waals surface area contributed by atoms with E-state index in [4.69, 9.17) is 0 Å². The molecule has 0 atom stereocenters. The average Bonchev–Trinajstić information content (AvgIpc) is 3.45. The minimum absolute atomic E-state index is 0. The van der Waals surface area contributed by atoms with Crippen LogP contribution in [0.4, 0.5) is 0 Å². The molecule has 8 aromatic rings. The van der Waals surface area contributed by atoms with Crippen LogP contribution in [0.25, 0.3) is 67.0 Å². The molecule has 0 saturated carbocycles. The van der Waals surface area contributed by atoms with Gasteiger partial charge in [0.2, 0.25) is 0 Å². The monoisotopic (exact) mass is 859 g/mol. The molecule has 2 heterocycles. The summed E-state index contributed by atoms with van der Waals surface area (Å²) >= 11 is 0. The summed E-state index contributed by atoms with van der Waals surface area (Å²) in [4.78, 5) is 8.89. The minimum atomic E-state index is -0.0403. The molecule has 1 aliphatic rings. The SMILES string of the molecule is CC1(C)c2ccccc2-c2cccc(-c3cccc(-c4ccc(-c5cc[c-]c(-c6ccccn6)c5)cc4)c3)c21.Cc1cccc(-c2[c-]cccc2)n1.[Ir]. The number of benzene rings is 6. The van der Waals surface area contributed by atoms with Gasteiger partial charge in [-0.2, -0.15) is 0 Å². The molecule has 0 aliphatic heterocycles. The normalized spacial score (nSPS) is 12.1. The first-order valence-corrected chi connectivity index (χ1v) is 17.7. The zero-order valence-corrected chi connectivity index (χ0v) is 32.4. The van der Waals surface area contributed by atoms with Crippen molar-refractivity contribution in [2.24, 2.45) is 0 Å². The summed E-state index contributed by atoms with van der Waals surface area (Å²) in [6, 6.07) is 66.0. The van der Waals surface area contributed by atoms with Crippen molar-refractivity contribution in [3.05, 3.63) is 205 Å². The summed E-state index contributed by atoms with van der Waals surface area (Å²) in [6.45, 7) is 6.70. The van der Waals surface area contributed by atoms with Gasteiger partial charge in [-0.25, -0.2) is 0 Å². The van der Waals surface area contributed by atoms with E-state index in [-0.39, 0.29) is 25.5 Å². The maximum absolute atomic E-state index is 4.48. The molecule has 0 fully saturated rings. The summed E-state index contributed by atoms with van der Waals surface area (Å²) in [6.07, 6.45) is 1.82. The second-order valence-electron chi connectivity index (χ2n) is 13.7. The van der Waals surface area contributed by atoms with Gasteiger partial charge in [0.25, 0.3) is 0 Å². The van der Waals surface area contributed by atoms with Crippen molar-refractivity contribution >= 4 is 0 Å². The van der Waals surface area contributed by atoms with E-state index in [0.29, 0.717) is 0 Å². The molecule has 259 valence electrons. The van der Waals surface area contributed by atoms with E-state index in [0.717, 1.165) is 33.8 Å². The van der Waals surface area contributed by atoms with E-state index >= 15 is 0 Å². The molecule has 2 aromatic heterocycles. The Balaban J connectivity index is 0.000000263. The molecule has 2 nitrogen and oxygen atoms in total. The van der Waals surface area contributed by atoms with Crippen LogP contribution >= 0.6 is 0 Å². The number of pyridine rings is 2. The average molecular weight is 859 g/mol. The van der Waals surface area contributed by atoms with Gasteiger partial charge in [0.05, 0.1) is 0 Å². The zero-order chi connectivity index (χ0) is 35.5. The number of aryl methyl sites for hydroxylation is 1. The smallest absolute Gasteiger partial charge is 0.0266 e. The van der Waals surface area contributed by atoms with E-state index in [9.17, 15) is 0 Å². The molecule has 6 aromatic carbocycles. The van der Waals surface area contributed by atoms with E-state index < -0.39 is 0 Å². The molecule has 9 rings (SSSR count). The molecule has 1 radical (unpaired) electrons. The van der Waals surface area contributed by atoms with E-state index in [1.54, 1.807) is 0 Å². The van der Waals surface area contributed by atoms with Crippen LogP contribution in [-0.2, 0) is 25.5 Å². The molecule has 1 aliphatic carbocycles. The maximum atomic E-state index is 4.48. The Morgan fingerprint density at radius 1 is 0.472 bits per heavy atom. The molecule has 0 amide bonds. The first kappa shape index (κ1) is 35.7. The van der Waals surface area contributed by atoms with Gasteiger partial charge in [-0.15, -0.1) is 71.3 Å². The second-order valence-corrected chi connectivity index (χ2v) is 13.7. The van der Waals surface area contributed by atoms with Gasteiger partial charge in [0.1, 0.15) is 0 Å². The van der Waals surface area contributed by atoms with Crippen LogP contribution < -0.4 is 0 Å². The van der Waals surface area contributed by atoms with Crippen molar-refractivity contribution in [1.29, 1.82) is 0 Å². The third-order valence-corrected chi connectivity index (χ3v) is 9.92. The summed E-state index contributed by atoms with van der Waals surface area (Å²) < 4.78 is 0. The number of aromatic nitrogens is 2. The molecule has 0 saturated heterocycles. The van der Waals surface area contributed by atoms with E-state index in [1.165, 1.54) is 50.1 Å². The first-order chi connectivity index (χ1) is 25.5. The first-order valence-electron chi connectivity index (χ1n) is 17.7. The fourth-order valence-electron chi connectivity index (χ4n) is 7.37. The number of rotatable bonds is 5. The van der Waals surface area contributed by atoms with Crippen LogP contribution in [0.2, 0.25) is 0 Å². The van der Waals surface area contributed by atoms with Gasteiger partial charge in [-0.1, -0.05) is 123 Å². The fourth-order valence-corrected chi connectivity index (χ4v) is 7.37. The van der Waals surface area contributed by atoms with Gasteiger partial charge >= 0.3 is 0 Å². The molecular formula is C50H38IrN2-2. The molecule has 3 heteroatoms. The van der Waals surface area contributed by atoms with Crippen LogP contribution in [0.3, 0.4) is 0 Å². The standard InChI is InChI=1S/C38H28N.C12H10N.Ir/c1-38(2)35-17-4-3-14-33(35)34-16-9-15-32(37(34)38)30-12-7-10-28(24-30)26-19-21-27(22-20-26)29-11-8-13-31(25-29)36-18-5-6-23-39-36;1-10-6-5-9-12(13-10)11-7-3-2-4-8-11;/h3-12,14-25H,1-2H3;2-7,9H,1H3;/q2*-1;. The Kier molecular flexibility index (Phi) is 10.4. The molecular weight excluding hydrogens is 821 g/mol. The maximum Gasteiger partial charge on any atom is 0.0266 e. The van der Waals surface area contributed by atoms with Gasteiger partial charge in [0, 0.05) is 37.4 Å². The number of hydrogen-bond donors (Lipinski definition) is 0. The van der Waals surface area contributed by atoms with Gasteiger partial charge in [-0.05, 0) is 86.6 Å².